The van der Waals surface area contributed by atoms with Gasteiger partial charge in [-0.05, 0) is 37.3 Å². The number of methoxy groups -OCH3 is 1. The van der Waals surface area contributed by atoms with Crippen molar-refractivity contribution in [3.8, 4) is 17.0 Å². The average molecular weight is 446 g/mol. The minimum atomic E-state index is 0.627. The second-order valence-electron chi connectivity index (χ2n) is 6.02. The zero-order chi connectivity index (χ0) is 18.8. The monoisotopic (exact) mass is 445 g/mol. The standard InChI is InChI=1S/C20H20BrN3O2S/c1-3-26-15-7-8-16-17(12-15)27-20-23-18(13-5-4-6-14(21)11-13)19(24(16)20)22-9-10-25-2/h4-8,11-12,22H,3,9-10H2,1-2H3. The van der Waals surface area contributed by atoms with E-state index < -0.39 is 0 Å². The smallest absolute Gasteiger partial charge is 0.197 e. The first-order valence-corrected chi connectivity index (χ1v) is 10.4. The van der Waals surface area contributed by atoms with E-state index in [0.29, 0.717) is 19.8 Å². The second-order valence-corrected chi connectivity index (χ2v) is 7.95. The van der Waals surface area contributed by atoms with Gasteiger partial charge < -0.3 is 14.8 Å². The third-order valence-corrected chi connectivity index (χ3v) is 5.72. The Balaban J connectivity index is 1.88. The highest BCUT2D eigenvalue weighted by Crippen LogP contribution is 2.37. The van der Waals surface area contributed by atoms with Crippen molar-refractivity contribution < 1.29 is 9.47 Å². The number of aromatic nitrogens is 2. The Morgan fingerprint density at radius 1 is 1.22 bits per heavy atom. The minimum Gasteiger partial charge on any atom is -0.494 e. The molecule has 0 spiro atoms. The number of hydrogen-bond acceptors (Lipinski definition) is 5. The van der Waals surface area contributed by atoms with E-state index in [-0.39, 0.29) is 0 Å². The van der Waals surface area contributed by atoms with Crippen LogP contribution in [0.15, 0.2) is 46.9 Å². The molecule has 2 aromatic heterocycles. The molecule has 0 saturated heterocycles. The van der Waals surface area contributed by atoms with Crippen molar-refractivity contribution in [1.82, 2.24) is 9.38 Å². The van der Waals surface area contributed by atoms with Gasteiger partial charge in [-0.2, -0.15) is 0 Å². The number of nitrogens with zero attached hydrogens (tertiary/aromatic N) is 2. The summed E-state index contributed by atoms with van der Waals surface area (Å²) < 4.78 is 15.2. The lowest BCUT2D eigenvalue weighted by molar-refractivity contribution is 0.210. The maximum absolute atomic E-state index is 5.64. The van der Waals surface area contributed by atoms with Gasteiger partial charge in [0.1, 0.15) is 17.3 Å². The van der Waals surface area contributed by atoms with E-state index in [1.165, 1.54) is 0 Å². The molecule has 5 nitrogen and oxygen atoms in total. The molecule has 7 heteroatoms. The van der Waals surface area contributed by atoms with Crippen LogP contribution in [-0.2, 0) is 4.74 Å². The number of benzene rings is 2. The largest absolute Gasteiger partial charge is 0.494 e. The quantitative estimate of drug-likeness (QED) is 0.385. The van der Waals surface area contributed by atoms with Crippen molar-refractivity contribution in [2.75, 3.05) is 32.2 Å². The van der Waals surface area contributed by atoms with E-state index in [9.17, 15) is 0 Å². The van der Waals surface area contributed by atoms with Gasteiger partial charge in [0.15, 0.2) is 4.96 Å². The van der Waals surface area contributed by atoms with E-state index in [1.54, 1.807) is 18.4 Å². The minimum absolute atomic E-state index is 0.627. The van der Waals surface area contributed by atoms with Crippen LogP contribution in [0, 0.1) is 0 Å². The van der Waals surface area contributed by atoms with E-state index in [4.69, 9.17) is 14.5 Å². The summed E-state index contributed by atoms with van der Waals surface area (Å²) in [7, 11) is 1.71. The summed E-state index contributed by atoms with van der Waals surface area (Å²) in [6.45, 7) is 3.99. The fourth-order valence-corrected chi connectivity index (χ4v) is 4.53. The van der Waals surface area contributed by atoms with Crippen molar-refractivity contribution in [3.63, 3.8) is 0 Å². The molecule has 4 rings (SSSR count). The molecule has 2 aromatic carbocycles. The van der Waals surface area contributed by atoms with Crippen LogP contribution in [0.4, 0.5) is 5.82 Å². The number of anilines is 1. The van der Waals surface area contributed by atoms with Crippen LogP contribution in [0.2, 0.25) is 0 Å². The summed E-state index contributed by atoms with van der Waals surface area (Å²) in [4.78, 5) is 5.88. The lowest BCUT2D eigenvalue weighted by Crippen LogP contribution is -2.10. The lowest BCUT2D eigenvalue weighted by atomic mass is 10.1. The highest BCUT2D eigenvalue weighted by atomic mass is 79.9. The van der Waals surface area contributed by atoms with Gasteiger partial charge in [0.05, 0.1) is 23.4 Å². The van der Waals surface area contributed by atoms with Gasteiger partial charge in [-0.1, -0.05) is 39.4 Å². The number of nitrogens with one attached hydrogen (secondary N) is 1. The number of ether oxygens (including phenoxy) is 2. The van der Waals surface area contributed by atoms with Crippen molar-refractivity contribution >= 4 is 48.3 Å². The first-order chi connectivity index (χ1) is 13.2. The molecule has 0 aliphatic carbocycles. The van der Waals surface area contributed by atoms with Gasteiger partial charge in [0.2, 0.25) is 0 Å². The SMILES string of the molecule is CCOc1ccc2c(c1)sc1nc(-c3cccc(Br)c3)c(NCCOC)n12. The van der Waals surface area contributed by atoms with Crippen LogP contribution in [-0.4, -0.2) is 36.3 Å². The number of thiazole rings is 1. The average Bonchev–Trinajstić information content (AvgIpc) is 3.18. The van der Waals surface area contributed by atoms with Gasteiger partial charge in [0.25, 0.3) is 0 Å². The molecule has 0 aliphatic heterocycles. The number of hydrogen-bond donors (Lipinski definition) is 1. The molecule has 0 saturated carbocycles. The van der Waals surface area contributed by atoms with Crippen LogP contribution in [0.1, 0.15) is 6.92 Å². The van der Waals surface area contributed by atoms with Crippen molar-refractivity contribution in [2.45, 2.75) is 6.92 Å². The summed E-state index contributed by atoms with van der Waals surface area (Å²) in [5.41, 5.74) is 3.13. The summed E-state index contributed by atoms with van der Waals surface area (Å²) >= 11 is 5.22. The predicted octanol–water partition coefficient (Wildman–Crippen LogP) is 5.44. The van der Waals surface area contributed by atoms with Crippen molar-refractivity contribution in [3.05, 3.63) is 46.9 Å². The lowest BCUT2D eigenvalue weighted by Gasteiger charge is -2.09. The summed E-state index contributed by atoms with van der Waals surface area (Å²) in [6, 6.07) is 14.4. The summed E-state index contributed by atoms with van der Waals surface area (Å²) in [5.74, 6) is 1.87. The Hall–Kier alpha value is -2.09. The first kappa shape index (κ1) is 18.3. The zero-order valence-electron chi connectivity index (χ0n) is 15.2. The van der Waals surface area contributed by atoms with E-state index in [2.05, 4.69) is 49.9 Å². The first-order valence-electron chi connectivity index (χ1n) is 8.78. The molecule has 4 aromatic rings. The molecule has 0 unspecified atom stereocenters. The van der Waals surface area contributed by atoms with Crippen molar-refractivity contribution in [2.24, 2.45) is 0 Å². The van der Waals surface area contributed by atoms with Gasteiger partial charge in [-0.25, -0.2) is 4.98 Å². The van der Waals surface area contributed by atoms with Gasteiger partial charge in [-0.3, -0.25) is 4.40 Å². The molecule has 27 heavy (non-hydrogen) atoms. The Morgan fingerprint density at radius 3 is 2.89 bits per heavy atom. The third-order valence-electron chi connectivity index (χ3n) is 4.23. The topological polar surface area (TPSA) is 47.8 Å². The van der Waals surface area contributed by atoms with Crippen LogP contribution >= 0.6 is 27.3 Å². The van der Waals surface area contributed by atoms with Crippen molar-refractivity contribution in [1.29, 1.82) is 0 Å². The van der Waals surface area contributed by atoms with Crippen LogP contribution < -0.4 is 10.1 Å². The molecule has 2 heterocycles. The Morgan fingerprint density at radius 2 is 2.11 bits per heavy atom. The molecular formula is C20H20BrN3O2S. The Kier molecular flexibility index (Phi) is 5.33. The summed E-state index contributed by atoms with van der Waals surface area (Å²) in [6.07, 6.45) is 0. The van der Waals surface area contributed by atoms with Crippen LogP contribution in [0.3, 0.4) is 0 Å². The molecule has 0 amide bonds. The zero-order valence-corrected chi connectivity index (χ0v) is 17.6. The van der Waals surface area contributed by atoms with Gasteiger partial charge >= 0.3 is 0 Å². The molecule has 0 aliphatic rings. The molecule has 140 valence electrons. The highest BCUT2D eigenvalue weighted by Gasteiger charge is 2.18. The highest BCUT2D eigenvalue weighted by molar-refractivity contribution is 9.10. The Bertz CT molecular complexity index is 1090. The predicted molar refractivity (Wildman–Crippen MR) is 115 cm³/mol. The third kappa shape index (κ3) is 3.54. The van der Waals surface area contributed by atoms with E-state index >= 15 is 0 Å². The van der Waals surface area contributed by atoms with E-state index in [0.717, 1.165) is 42.5 Å². The van der Waals surface area contributed by atoms with E-state index in [1.807, 2.05) is 25.1 Å². The van der Waals surface area contributed by atoms with Crippen LogP contribution in [0.25, 0.3) is 26.4 Å². The molecule has 0 radical (unpaired) electrons. The maximum Gasteiger partial charge on any atom is 0.197 e. The van der Waals surface area contributed by atoms with Gasteiger partial charge in [0, 0.05) is 23.7 Å². The fourth-order valence-electron chi connectivity index (χ4n) is 3.08. The summed E-state index contributed by atoms with van der Waals surface area (Å²) in [5, 5.41) is 3.51. The maximum atomic E-state index is 5.64. The molecular weight excluding hydrogens is 426 g/mol. The molecule has 1 N–H and O–H groups in total. The molecule has 0 bridgehead atoms. The fraction of sp³-hybridized carbons (Fsp3) is 0.250. The normalized spacial score (nSPS) is 11.4. The number of fused-ring (bicyclic) bond motifs is 3. The van der Waals surface area contributed by atoms with Gasteiger partial charge in [-0.15, -0.1) is 0 Å². The number of imidazole rings is 1. The second kappa shape index (κ2) is 7.88. The molecule has 0 atom stereocenters. The molecule has 0 fully saturated rings. The number of rotatable bonds is 7. The Labute approximate surface area is 170 Å². The van der Waals surface area contributed by atoms with Crippen LogP contribution in [0.5, 0.6) is 5.75 Å². The number of halogens is 1.